The van der Waals surface area contributed by atoms with Gasteiger partial charge in [-0.1, -0.05) is 29.8 Å². The van der Waals surface area contributed by atoms with Crippen molar-refractivity contribution in [1.82, 2.24) is 4.90 Å². The van der Waals surface area contributed by atoms with Gasteiger partial charge < -0.3 is 15.4 Å². The lowest BCUT2D eigenvalue weighted by molar-refractivity contribution is -0.125. The number of para-hydroxylation sites is 1. The molecule has 0 unspecified atom stereocenters. The second-order valence-corrected chi connectivity index (χ2v) is 7.61. The molecule has 29 heavy (non-hydrogen) atoms. The van der Waals surface area contributed by atoms with Crippen LogP contribution in [-0.2, 0) is 9.59 Å². The SMILES string of the molecule is COc1ccc(NC(=O)[C@H](C)N2CCC[C@@H](C(=O)Nc3ccccc3)C2)cc1Cl. The number of rotatable bonds is 6. The molecule has 154 valence electrons. The number of carbonyl (C=O) groups is 2. The Bertz CT molecular complexity index is 860. The van der Waals surface area contributed by atoms with E-state index in [1.54, 1.807) is 25.3 Å². The van der Waals surface area contributed by atoms with Crippen LogP contribution in [0.5, 0.6) is 5.75 Å². The van der Waals surface area contributed by atoms with Crippen molar-refractivity contribution in [2.45, 2.75) is 25.8 Å². The lowest BCUT2D eigenvalue weighted by atomic mass is 9.95. The Labute approximate surface area is 176 Å². The number of likely N-dealkylation sites (tertiary alicyclic amines) is 1. The Hall–Kier alpha value is -2.57. The van der Waals surface area contributed by atoms with Gasteiger partial charge in [0.05, 0.1) is 24.1 Å². The molecule has 1 fully saturated rings. The summed E-state index contributed by atoms with van der Waals surface area (Å²) in [5.74, 6) is 0.279. The zero-order valence-corrected chi connectivity index (χ0v) is 17.4. The number of hydrogen-bond donors (Lipinski definition) is 2. The third-order valence-electron chi connectivity index (χ3n) is 5.21. The van der Waals surface area contributed by atoms with Crippen LogP contribution < -0.4 is 15.4 Å². The van der Waals surface area contributed by atoms with Crippen molar-refractivity contribution < 1.29 is 14.3 Å². The highest BCUT2D eigenvalue weighted by Gasteiger charge is 2.31. The van der Waals surface area contributed by atoms with Gasteiger partial charge >= 0.3 is 0 Å². The van der Waals surface area contributed by atoms with Crippen LogP contribution in [0, 0.1) is 5.92 Å². The van der Waals surface area contributed by atoms with Gasteiger partial charge in [-0.2, -0.15) is 0 Å². The minimum Gasteiger partial charge on any atom is -0.495 e. The van der Waals surface area contributed by atoms with Gasteiger partial charge in [-0.05, 0) is 56.6 Å². The fraction of sp³-hybridized carbons (Fsp3) is 0.364. The predicted molar refractivity (Wildman–Crippen MR) is 115 cm³/mol. The van der Waals surface area contributed by atoms with Crippen molar-refractivity contribution in [3.63, 3.8) is 0 Å². The van der Waals surface area contributed by atoms with Crippen molar-refractivity contribution in [1.29, 1.82) is 0 Å². The van der Waals surface area contributed by atoms with Crippen LogP contribution in [0.4, 0.5) is 11.4 Å². The van der Waals surface area contributed by atoms with E-state index in [1.807, 2.05) is 37.3 Å². The number of anilines is 2. The summed E-state index contributed by atoms with van der Waals surface area (Å²) in [4.78, 5) is 27.4. The van der Waals surface area contributed by atoms with Crippen molar-refractivity contribution >= 4 is 34.8 Å². The van der Waals surface area contributed by atoms with E-state index in [0.717, 1.165) is 25.1 Å². The lowest BCUT2D eigenvalue weighted by Gasteiger charge is -2.35. The molecule has 7 heteroatoms. The van der Waals surface area contributed by atoms with E-state index >= 15 is 0 Å². The summed E-state index contributed by atoms with van der Waals surface area (Å²) in [7, 11) is 1.54. The van der Waals surface area contributed by atoms with Crippen LogP contribution >= 0.6 is 11.6 Å². The van der Waals surface area contributed by atoms with Gasteiger partial charge in [0.25, 0.3) is 0 Å². The van der Waals surface area contributed by atoms with Gasteiger partial charge in [0, 0.05) is 17.9 Å². The monoisotopic (exact) mass is 415 g/mol. The van der Waals surface area contributed by atoms with Gasteiger partial charge in [-0.25, -0.2) is 0 Å². The smallest absolute Gasteiger partial charge is 0.241 e. The molecule has 1 heterocycles. The molecule has 0 spiro atoms. The minimum absolute atomic E-state index is 0.00422. The molecule has 0 radical (unpaired) electrons. The first-order valence-electron chi connectivity index (χ1n) is 9.72. The summed E-state index contributed by atoms with van der Waals surface area (Å²) in [6.45, 7) is 3.20. The summed E-state index contributed by atoms with van der Waals surface area (Å²) in [5, 5.41) is 6.30. The molecular formula is C22H26ClN3O3. The van der Waals surface area contributed by atoms with E-state index in [4.69, 9.17) is 16.3 Å². The van der Waals surface area contributed by atoms with Crippen LogP contribution in [0.1, 0.15) is 19.8 Å². The average Bonchev–Trinajstić information content (AvgIpc) is 2.74. The van der Waals surface area contributed by atoms with E-state index < -0.39 is 0 Å². The second kappa shape index (κ2) is 9.76. The average molecular weight is 416 g/mol. The highest BCUT2D eigenvalue weighted by atomic mass is 35.5. The highest BCUT2D eigenvalue weighted by molar-refractivity contribution is 6.32. The number of nitrogens with zero attached hydrogens (tertiary/aromatic N) is 1. The molecule has 2 amide bonds. The molecule has 3 rings (SSSR count). The number of ether oxygens (including phenoxy) is 1. The summed E-state index contributed by atoms with van der Waals surface area (Å²) >= 11 is 6.13. The van der Waals surface area contributed by atoms with E-state index in [-0.39, 0.29) is 23.8 Å². The van der Waals surface area contributed by atoms with Crippen LogP contribution in [0.25, 0.3) is 0 Å². The van der Waals surface area contributed by atoms with Gasteiger partial charge in [0.15, 0.2) is 0 Å². The number of methoxy groups -OCH3 is 1. The molecule has 1 aliphatic rings. The van der Waals surface area contributed by atoms with E-state index in [0.29, 0.717) is 23.0 Å². The number of benzene rings is 2. The quantitative estimate of drug-likeness (QED) is 0.747. The van der Waals surface area contributed by atoms with Gasteiger partial charge in [-0.3, -0.25) is 14.5 Å². The maximum absolute atomic E-state index is 12.7. The molecule has 1 saturated heterocycles. The number of nitrogens with one attached hydrogen (secondary N) is 2. The first kappa shape index (κ1) is 21.1. The van der Waals surface area contributed by atoms with Crippen molar-refractivity contribution in [2.24, 2.45) is 5.92 Å². The van der Waals surface area contributed by atoms with E-state index in [9.17, 15) is 9.59 Å². The fourth-order valence-corrected chi connectivity index (χ4v) is 3.75. The van der Waals surface area contributed by atoms with Crippen molar-refractivity contribution in [2.75, 3.05) is 30.8 Å². The van der Waals surface area contributed by atoms with Crippen LogP contribution in [0.15, 0.2) is 48.5 Å². The number of hydrogen-bond acceptors (Lipinski definition) is 4. The normalized spacial score (nSPS) is 18.0. The van der Waals surface area contributed by atoms with Gasteiger partial charge in [-0.15, -0.1) is 0 Å². The molecule has 0 saturated carbocycles. The third-order valence-corrected chi connectivity index (χ3v) is 5.51. The summed E-state index contributed by atoms with van der Waals surface area (Å²) in [5.41, 5.74) is 1.40. The lowest BCUT2D eigenvalue weighted by Crippen LogP contribution is -2.49. The predicted octanol–water partition coefficient (Wildman–Crippen LogP) is 4.03. The van der Waals surface area contributed by atoms with Crippen molar-refractivity contribution in [3.8, 4) is 5.75 Å². The molecule has 0 aliphatic carbocycles. The Balaban J connectivity index is 1.58. The summed E-state index contributed by atoms with van der Waals surface area (Å²) < 4.78 is 5.13. The molecule has 6 nitrogen and oxygen atoms in total. The number of piperidine rings is 1. The third kappa shape index (κ3) is 5.49. The minimum atomic E-state index is -0.358. The number of amides is 2. The fourth-order valence-electron chi connectivity index (χ4n) is 3.49. The first-order chi connectivity index (χ1) is 14.0. The Morgan fingerprint density at radius 1 is 1.14 bits per heavy atom. The highest BCUT2D eigenvalue weighted by Crippen LogP contribution is 2.27. The number of halogens is 1. The van der Waals surface area contributed by atoms with Crippen LogP contribution in [-0.4, -0.2) is 43.0 Å². The van der Waals surface area contributed by atoms with Crippen molar-refractivity contribution in [3.05, 3.63) is 53.6 Å². The zero-order chi connectivity index (χ0) is 20.8. The van der Waals surface area contributed by atoms with Crippen LogP contribution in [0.3, 0.4) is 0 Å². The molecular weight excluding hydrogens is 390 g/mol. The standard InChI is InChI=1S/C22H26ClN3O3/c1-15(21(27)25-18-10-11-20(29-2)19(23)13-18)26-12-6-7-16(14-26)22(28)24-17-8-4-3-5-9-17/h3-5,8-11,13,15-16H,6-7,12,14H2,1-2H3,(H,24,28)(H,25,27)/t15-,16+/m0/s1. The molecule has 1 aliphatic heterocycles. The first-order valence-corrected chi connectivity index (χ1v) is 10.1. The molecule has 2 aromatic rings. The maximum atomic E-state index is 12.7. The maximum Gasteiger partial charge on any atom is 0.241 e. The molecule has 2 aromatic carbocycles. The number of carbonyl (C=O) groups excluding carboxylic acids is 2. The Morgan fingerprint density at radius 2 is 1.90 bits per heavy atom. The topological polar surface area (TPSA) is 70.7 Å². The Kier molecular flexibility index (Phi) is 7.12. The molecule has 0 bridgehead atoms. The summed E-state index contributed by atoms with van der Waals surface area (Å²) in [6, 6.07) is 14.2. The zero-order valence-electron chi connectivity index (χ0n) is 16.7. The van der Waals surface area contributed by atoms with Crippen LogP contribution in [0.2, 0.25) is 5.02 Å². The van der Waals surface area contributed by atoms with Gasteiger partial charge in [0.1, 0.15) is 5.75 Å². The second-order valence-electron chi connectivity index (χ2n) is 7.20. The molecule has 2 N–H and O–H groups in total. The van der Waals surface area contributed by atoms with E-state index in [2.05, 4.69) is 15.5 Å². The molecule has 0 aromatic heterocycles. The molecule has 2 atom stereocenters. The van der Waals surface area contributed by atoms with E-state index in [1.165, 1.54) is 0 Å². The summed E-state index contributed by atoms with van der Waals surface area (Å²) in [6.07, 6.45) is 1.69. The Morgan fingerprint density at radius 3 is 2.59 bits per heavy atom. The largest absolute Gasteiger partial charge is 0.495 e. The van der Waals surface area contributed by atoms with Gasteiger partial charge in [0.2, 0.25) is 11.8 Å².